The summed E-state index contributed by atoms with van der Waals surface area (Å²) >= 11 is 16.0. The van der Waals surface area contributed by atoms with Gasteiger partial charge in [0.2, 0.25) is 0 Å². The van der Waals surface area contributed by atoms with Crippen molar-refractivity contribution in [2.45, 2.75) is 10.4 Å². The fourth-order valence-electron chi connectivity index (χ4n) is 2.54. The Morgan fingerprint density at radius 2 is 1.78 bits per heavy atom. The average Bonchev–Trinajstić information content (AvgIpc) is 2.94. The van der Waals surface area contributed by atoms with Gasteiger partial charge in [-0.15, -0.1) is 11.3 Å². The number of rotatable bonds is 3. The number of alkyl halides is 3. The lowest BCUT2D eigenvalue weighted by Crippen LogP contribution is -2.48. The number of aromatic nitrogens is 1. The lowest BCUT2D eigenvalue weighted by molar-refractivity contribution is -0.137. The van der Waals surface area contributed by atoms with E-state index in [1.165, 1.54) is 10.4 Å². The first-order valence-electron chi connectivity index (χ1n) is 7.43. The second kappa shape index (κ2) is 7.68. The average molecular weight is 525 g/mol. The zero-order chi connectivity index (χ0) is 20.0. The number of thiophene rings is 1. The van der Waals surface area contributed by atoms with Gasteiger partial charge in [0.1, 0.15) is 14.4 Å². The van der Waals surface area contributed by atoms with Crippen molar-refractivity contribution in [1.82, 2.24) is 9.29 Å². The van der Waals surface area contributed by atoms with Gasteiger partial charge in [-0.05, 0) is 28.1 Å². The standard InChI is InChI=1S/C14H11BrCl2F3N3O2S2/c15-9-6-11(26-12(9)17)27(24,25)23-3-1-22(2-4-23)13-10(16)5-8(7-21-13)14(18,19)20/h5-7H,1-4H2. The Balaban J connectivity index is 1.74. The van der Waals surface area contributed by atoms with Gasteiger partial charge in [0.05, 0.1) is 10.6 Å². The number of halogens is 6. The number of hydrogen-bond donors (Lipinski definition) is 0. The molecule has 0 atom stereocenters. The maximum absolute atomic E-state index is 12.7. The summed E-state index contributed by atoms with van der Waals surface area (Å²) in [6, 6.07) is 2.27. The number of sulfonamides is 1. The highest BCUT2D eigenvalue weighted by Gasteiger charge is 2.34. The van der Waals surface area contributed by atoms with Crippen molar-refractivity contribution in [3.63, 3.8) is 0 Å². The van der Waals surface area contributed by atoms with Crippen molar-refractivity contribution in [2.75, 3.05) is 31.1 Å². The molecule has 0 aromatic carbocycles. The van der Waals surface area contributed by atoms with Gasteiger partial charge in [0.25, 0.3) is 10.0 Å². The van der Waals surface area contributed by atoms with Crippen LogP contribution in [0.15, 0.2) is 27.0 Å². The summed E-state index contributed by atoms with van der Waals surface area (Å²) in [6.45, 7) is 0.790. The molecule has 1 aliphatic heterocycles. The topological polar surface area (TPSA) is 53.5 Å². The van der Waals surface area contributed by atoms with Crippen LogP contribution in [-0.4, -0.2) is 43.9 Å². The zero-order valence-corrected chi connectivity index (χ0v) is 18.0. The molecule has 0 N–H and O–H groups in total. The third kappa shape index (κ3) is 4.38. The van der Waals surface area contributed by atoms with Gasteiger partial charge in [0, 0.05) is 36.8 Å². The Labute approximate surface area is 175 Å². The third-order valence-electron chi connectivity index (χ3n) is 3.90. The molecule has 27 heavy (non-hydrogen) atoms. The molecular formula is C14H11BrCl2F3N3O2S2. The van der Waals surface area contributed by atoms with Crippen LogP contribution in [-0.2, 0) is 16.2 Å². The molecule has 2 aromatic heterocycles. The van der Waals surface area contributed by atoms with Gasteiger partial charge < -0.3 is 4.90 Å². The molecule has 0 saturated carbocycles. The van der Waals surface area contributed by atoms with Crippen LogP contribution in [0, 0.1) is 0 Å². The molecule has 2 aromatic rings. The van der Waals surface area contributed by atoms with Crippen LogP contribution >= 0.6 is 50.5 Å². The van der Waals surface area contributed by atoms with Gasteiger partial charge >= 0.3 is 6.18 Å². The Morgan fingerprint density at radius 3 is 2.26 bits per heavy atom. The molecule has 148 valence electrons. The molecule has 0 aliphatic carbocycles. The van der Waals surface area contributed by atoms with Crippen molar-refractivity contribution in [3.8, 4) is 0 Å². The van der Waals surface area contributed by atoms with E-state index in [4.69, 9.17) is 23.2 Å². The minimum atomic E-state index is -4.53. The lowest BCUT2D eigenvalue weighted by Gasteiger charge is -2.34. The van der Waals surface area contributed by atoms with E-state index in [2.05, 4.69) is 20.9 Å². The molecule has 1 saturated heterocycles. The minimum absolute atomic E-state index is 0.124. The summed E-state index contributed by atoms with van der Waals surface area (Å²) in [5.41, 5.74) is -0.933. The largest absolute Gasteiger partial charge is 0.417 e. The molecular weight excluding hydrogens is 514 g/mol. The molecule has 5 nitrogen and oxygen atoms in total. The molecule has 0 spiro atoms. The number of nitrogens with zero attached hydrogens (tertiary/aromatic N) is 3. The summed E-state index contributed by atoms with van der Waals surface area (Å²) < 4.78 is 65.8. The van der Waals surface area contributed by atoms with E-state index in [1.54, 1.807) is 4.90 Å². The van der Waals surface area contributed by atoms with Gasteiger partial charge in [-0.2, -0.15) is 17.5 Å². The van der Waals surface area contributed by atoms with Crippen LogP contribution < -0.4 is 4.90 Å². The Kier molecular flexibility index (Phi) is 6.01. The van der Waals surface area contributed by atoms with Crippen LogP contribution in [0.5, 0.6) is 0 Å². The SMILES string of the molecule is O=S(=O)(c1cc(Br)c(Cl)s1)N1CCN(c2ncc(C(F)(F)F)cc2Cl)CC1. The van der Waals surface area contributed by atoms with Gasteiger partial charge in [0.15, 0.2) is 0 Å². The summed E-state index contributed by atoms with van der Waals surface area (Å²) in [5, 5.41) is -0.130. The van der Waals surface area contributed by atoms with Crippen molar-refractivity contribution in [3.05, 3.63) is 37.7 Å². The van der Waals surface area contributed by atoms with Crippen LogP contribution in [0.25, 0.3) is 0 Å². The minimum Gasteiger partial charge on any atom is -0.353 e. The molecule has 3 heterocycles. The van der Waals surface area contributed by atoms with Crippen molar-refractivity contribution >= 4 is 66.3 Å². The van der Waals surface area contributed by atoms with Crippen LogP contribution in [0.1, 0.15) is 5.56 Å². The van der Waals surface area contributed by atoms with Gasteiger partial charge in [-0.1, -0.05) is 23.2 Å². The molecule has 13 heteroatoms. The fraction of sp³-hybridized carbons (Fsp3) is 0.357. The molecule has 0 amide bonds. The van der Waals surface area contributed by atoms with E-state index in [-0.39, 0.29) is 41.2 Å². The van der Waals surface area contributed by atoms with E-state index in [1.807, 2.05) is 0 Å². The predicted octanol–water partition coefficient (Wildman–Crippen LogP) is 4.74. The highest BCUT2D eigenvalue weighted by atomic mass is 79.9. The monoisotopic (exact) mass is 523 g/mol. The molecule has 3 rings (SSSR count). The van der Waals surface area contributed by atoms with Crippen molar-refractivity contribution in [1.29, 1.82) is 0 Å². The zero-order valence-electron chi connectivity index (χ0n) is 13.3. The van der Waals surface area contributed by atoms with Crippen LogP contribution in [0.3, 0.4) is 0 Å². The predicted molar refractivity (Wildman–Crippen MR) is 102 cm³/mol. The maximum Gasteiger partial charge on any atom is 0.417 e. The summed E-state index contributed by atoms with van der Waals surface area (Å²) in [5.74, 6) is 0.198. The fourth-order valence-corrected chi connectivity index (χ4v) is 6.70. The molecule has 0 unspecified atom stereocenters. The van der Waals surface area contributed by atoms with Crippen molar-refractivity contribution in [2.24, 2.45) is 0 Å². The smallest absolute Gasteiger partial charge is 0.353 e. The van der Waals surface area contributed by atoms with Crippen LogP contribution in [0.2, 0.25) is 9.36 Å². The quantitative estimate of drug-likeness (QED) is 0.582. The number of hydrogen-bond acceptors (Lipinski definition) is 5. The van der Waals surface area contributed by atoms with E-state index < -0.39 is 21.8 Å². The second-order valence-electron chi connectivity index (χ2n) is 5.61. The Bertz CT molecular complexity index is 942. The lowest BCUT2D eigenvalue weighted by atomic mass is 10.2. The molecule has 0 bridgehead atoms. The van der Waals surface area contributed by atoms with E-state index in [0.717, 1.165) is 23.6 Å². The first-order chi connectivity index (χ1) is 12.5. The Morgan fingerprint density at radius 1 is 1.15 bits per heavy atom. The number of piperazine rings is 1. The van der Waals surface area contributed by atoms with E-state index >= 15 is 0 Å². The van der Waals surface area contributed by atoms with Crippen LogP contribution in [0.4, 0.5) is 19.0 Å². The van der Waals surface area contributed by atoms with Gasteiger partial charge in [-0.25, -0.2) is 13.4 Å². The highest BCUT2D eigenvalue weighted by molar-refractivity contribution is 9.10. The van der Waals surface area contributed by atoms with Crippen molar-refractivity contribution < 1.29 is 21.6 Å². The number of pyridine rings is 1. The first-order valence-corrected chi connectivity index (χ1v) is 11.2. The third-order valence-corrected chi connectivity index (χ3v) is 9.00. The molecule has 1 aliphatic rings. The highest BCUT2D eigenvalue weighted by Crippen LogP contribution is 2.37. The van der Waals surface area contributed by atoms with E-state index in [0.29, 0.717) is 8.81 Å². The Hall–Kier alpha value is -0.590. The molecule has 0 radical (unpaired) electrons. The summed E-state index contributed by atoms with van der Waals surface area (Å²) in [6.07, 6.45) is -3.81. The second-order valence-corrected chi connectivity index (χ2v) is 10.7. The molecule has 1 fully saturated rings. The van der Waals surface area contributed by atoms with Gasteiger partial charge in [-0.3, -0.25) is 0 Å². The first kappa shape index (κ1) is 21.1. The summed E-state index contributed by atoms with van der Waals surface area (Å²) in [7, 11) is -3.70. The maximum atomic E-state index is 12.7. The normalized spacial score (nSPS) is 16.7. The van der Waals surface area contributed by atoms with E-state index in [9.17, 15) is 21.6 Å². The number of anilines is 1. The summed E-state index contributed by atoms with van der Waals surface area (Å²) in [4.78, 5) is 5.47.